The smallest absolute Gasteiger partial charge is 0.320 e. The van der Waals surface area contributed by atoms with Gasteiger partial charge in [-0.25, -0.2) is 0 Å². The van der Waals surface area contributed by atoms with Crippen LogP contribution in [0.1, 0.15) is 30.4 Å². The molecule has 0 radical (unpaired) electrons. The second-order valence-corrected chi connectivity index (χ2v) is 5.56. The van der Waals surface area contributed by atoms with Crippen molar-refractivity contribution in [2.75, 3.05) is 19.7 Å². The molecular weight excluding hydrogens is 254 g/mol. The van der Waals surface area contributed by atoms with Gasteiger partial charge in [-0.15, -0.1) is 0 Å². The highest BCUT2D eigenvalue weighted by atomic mass is 16.5. The number of likely N-dealkylation sites (tertiary alicyclic amines) is 1. The second kappa shape index (κ2) is 6.75. The van der Waals surface area contributed by atoms with Crippen molar-refractivity contribution in [3.05, 3.63) is 29.3 Å². The van der Waals surface area contributed by atoms with Crippen LogP contribution < -0.4 is 4.74 Å². The maximum Gasteiger partial charge on any atom is 0.320 e. The summed E-state index contributed by atoms with van der Waals surface area (Å²) in [5.74, 6) is 0.155. The average molecular weight is 277 g/mol. The van der Waals surface area contributed by atoms with E-state index >= 15 is 0 Å². The number of carboxylic acid groups (broad SMARTS) is 1. The summed E-state index contributed by atoms with van der Waals surface area (Å²) in [7, 11) is 0. The van der Waals surface area contributed by atoms with Crippen LogP contribution in [0.3, 0.4) is 0 Å². The Morgan fingerprint density at radius 2 is 2.00 bits per heavy atom. The fraction of sp³-hybridized carbons (Fsp3) is 0.562. The molecule has 4 nitrogen and oxygen atoms in total. The molecule has 1 unspecified atom stereocenters. The molecule has 1 fully saturated rings. The third kappa shape index (κ3) is 3.97. The van der Waals surface area contributed by atoms with Gasteiger partial charge in [0.2, 0.25) is 0 Å². The Hall–Kier alpha value is -1.55. The van der Waals surface area contributed by atoms with Crippen LogP contribution in [0.4, 0.5) is 0 Å². The number of aryl methyl sites for hydroxylation is 2. The van der Waals surface area contributed by atoms with Crippen molar-refractivity contribution in [1.82, 2.24) is 4.90 Å². The molecule has 1 aliphatic rings. The number of rotatable bonds is 5. The predicted molar refractivity (Wildman–Crippen MR) is 78.3 cm³/mol. The van der Waals surface area contributed by atoms with E-state index in [0.29, 0.717) is 13.2 Å². The lowest BCUT2D eigenvalue weighted by atomic mass is 10.0. The summed E-state index contributed by atoms with van der Waals surface area (Å²) < 4.78 is 5.76. The molecule has 110 valence electrons. The number of carboxylic acids is 1. The highest BCUT2D eigenvalue weighted by Crippen LogP contribution is 2.18. The van der Waals surface area contributed by atoms with Crippen molar-refractivity contribution in [3.8, 4) is 5.75 Å². The Labute approximate surface area is 120 Å². The lowest BCUT2D eigenvalue weighted by molar-refractivity contribution is -0.144. The van der Waals surface area contributed by atoms with Gasteiger partial charge in [0.1, 0.15) is 18.4 Å². The van der Waals surface area contributed by atoms with Gasteiger partial charge in [-0.1, -0.05) is 12.5 Å². The number of aliphatic carboxylic acids is 1. The third-order valence-corrected chi connectivity index (χ3v) is 3.74. The minimum absolute atomic E-state index is 0.341. The SMILES string of the molecule is Cc1cc(C)cc(OCCN2CCCCC2C(=O)O)c1. The van der Waals surface area contributed by atoms with Gasteiger partial charge >= 0.3 is 5.97 Å². The fourth-order valence-corrected chi connectivity index (χ4v) is 2.84. The van der Waals surface area contributed by atoms with Crippen LogP contribution in [-0.2, 0) is 4.79 Å². The lowest BCUT2D eigenvalue weighted by Gasteiger charge is -2.32. The molecule has 0 spiro atoms. The Morgan fingerprint density at radius 3 is 2.65 bits per heavy atom. The van der Waals surface area contributed by atoms with Crippen LogP contribution in [0.15, 0.2) is 18.2 Å². The lowest BCUT2D eigenvalue weighted by Crippen LogP contribution is -2.46. The van der Waals surface area contributed by atoms with E-state index in [1.54, 1.807) is 0 Å². The number of piperidine rings is 1. The molecule has 20 heavy (non-hydrogen) atoms. The first kappa shape index (κ1) is 14.9. The van der Waals surface area contributed by atoms with Crippen molar-refractivity contribution >= 4 is 5.97 Å². The molecule has 1 atom stereocenters. The van der Waals surface area contributed by atoms with Crippen molar-refractivity contribution < 1.29 is 14.6 Å². The topological polar surface area (TPSA) is 49.8 Å². The largest absolute Gasteiger partial charge is 0.492 e. The van der Waals surface area contributed by atoms with E-state index in [0.717, 1.165) is 31.6 Å². The molecule has 0 aliphatic carbocycles. The quantitative estimate of drug-likeness (QED) is 0.899. The van der Waals surface area contributed by atoms with Gasteiger partial charge in [0.05, 0.1) is 0 Å². The van der Waals surface area contributed by atoms with Crippen LogP contribution in [0.5, 0.6) is 5.75 Å². The van der Waals surface area contributed by atoms with E-state index < -0.39 is 5.97 Å². The number of hydrogen-bond acceptors (Lipinski definition) is 3. The molecule has 1 aromatic carbocycles. The Balaban J connectivity index is 1.86. The molecule has 1 aromatic rings. The number of hydrogen-bond donors (Lipinski definition) is 1. The van der Waals surface area contributed by atoms with Crippen LogP contribution in [-0.4, -0.2) is 41.7 Å². The molecule has 0 amide bonds. The van der Waals surface area contributed by atoms with Gasteiger partial charge in [-0.05, 0) is 56.5 Å². The van der Waals surface area contributed by atoms with Crippen molar-refractivity contribution in [1.29, 1.82) is 0 Å². The Morgan fingerprint density at radius 1 is 1.30 bits per heavy atom. The number of benzene rings is 1. The molecule has 0 bridgehead atoms. The minimum atomic E-state index is -0.712. The minimum Gasteiger partial charge on any atom is -0.492 e. The van der Waals surface area contributed by atoms with Gasteiger partial charge < -0.3 is 9.84 Å². The fourth-order valence-electron chi connectivity index (χ4n) is 2.84. The Bertz CT molecular complexity index is 453. The third-order valence-electron chi connectivity index (χ3n) is 3.74. The molecular formula is C16H23NO3. The monoisotopic (exact) mass is 277 g/mol. The molecule has 2 rings (SSSR count). The molecule has 1 aliphatic heterocycles. The summed E-state index contributed by atoms with van der Waals surface area (Å²) in [4.78, 5) is 13.2. The predicted octanol–water partition coefficient (Wildman–Crippen LogP) is 2.62. The molecule has 1 N–H and O–H groups in total. The summed E-state index contributed by atoms with van der Waals surface area (Å²) in [5, 5.41) is 9.22. The molecule has 4 heteroatoms. The summed E-state index contributed by atoms with van der Waals surface area (Å²) in [5.41, 5.74) is 2.36. The zero-order valence-corrected chi connectivity index (χ0v) is 12.3. The molecule has 1 heterocycles. The van der Waals surface area contributed by atoms with Gasteiger partial charge in [-0.3, -0.25) is 9.69 Å². The van der Waals surface area contributed by atoms with E-state index in [9.17, 15) is 9.90 Å². The summed E-state index contributed by atoms with van der Waals surface area (Å²) in [6.07, 6.45) is 2.83. The van der Waals surface area contributed by atoms with Crippen LogP contribution in [0.25, 0.3) is 0 Å². The van der Waals surface area contributed by atoms with E-state index in [1.807, 2.05) is 30.9 Å². The maximum absolute atomic E-state index is 11.2. The first-order valence-electron chi connectivity index (χ1n) is 7.24. The molecule has 0 aromatic heterocycles. The van der Waals surface area contributed by atoms with Crippen LogP contribution in [0.2, 0.25) is 0 Å². The van der Waals surface area contributed by atoms with Crippen LogP contribution in [0, 0.1) is 13.8 Å². The van der Waals surface area contributed by atoms with Gasteiger partial charge in [0, 0.05) is 6.54 Å². The molecule has 1 saturated heterocycles. The van der Waals surface area contributed by atoms with Gasteiger partial charge in [0.15, 0.2) is 0 Å². The number of nitrogens with zero attached hydrogens (tertiary/aromatic N) is 1. The molecule has 0 saturated carbocycles. The summed E-state index contributed by atoms with van der Waals surface area (Å²) >= 11 is 0. The highest BCUT2D eigenvalue weighted by molar-refractivity contribution is 5.73. The van der Waals surface area contributed by atoms with Gasteiger partial charge in [-0.2, -0.15) is 0 Å². The van der Waals surface area contributed by atoms with Crippen molar-refractivity contribution in [3.63, 3.8) is 0 Å². The van der Waals surface area contributed by atoms with Gasteiger partial charge in [0.25, 0.3) is 0 Å². The zero-order chi connectivity index (χ0) is 14.5. The first-order chi connectivity index (χ1) is 9.56. The van der Waals surface area contributed by atoms with Crippen molar-refractivity contribution in [2.24, 2.45) is 0 Å². The van der Waals surface area contributed by atoms with E-state index in [2.05, 4.69) is 6.07 Å². The average Bonchev–Trinajstić information content (AvgIpc) is 2.38. The number of carbonyl (C=O) groups is 1. The second-order valence-electron chi connectivity index (χ2n) is 5.56. The van der Waals surface area contributed by atoms with E-state index in [1.165, 1.54) is 11.1 Å². The first-order valence-corrected chi connectivity index (χ1v) is 7.24. The highest BCUT2D eigenvalue weighted by Gasteiger charge is 2.27. The summed E-state index contributed by atoms with van der Waals surface area (Å²) in [6, 6.07) is 5.79. The van der Waals surface area contributed by atoms with E-state index in [4.69, 9.17) is 4.74 Å². The Kier molecular flexibility index (Phi) is 5.01. The number of ether oxygens (including phenoxy) is 1. The summed E-state index contributed by atoms with van der Waals surface area (Å²) in [6.45, 7) is 6.15. The van der Waals surface area contributed by atoms with E-state index in [-0.39, 0.29) is 6.04 Å². The standard InChI is InChI=1S/C16H23NO3/c1-12-9-13(2)11-14(10-12)20-8-7-17-6-4-3-5-15(17)16(18)19/h9-11,15H,3-8H2,1-2H3,(H,18,19). The maximum atomic E-state index is 11.2. The van der Waals surface area contributed by atoms with Crippen LogP contribution >= 0.6 is 0 Å². The van der Waals surface area contributed by atoms with Crippen molar-refractivity contribution in [2.45, 2.75) is 39.2 Å². The normalized spacial score (nSPS) is 19.8. The zero-order valence-electron chi connectivity index (χ0n) is 12.3.